The van der Waals surface area contributed by atoms with Crippen molar-refractivity contribution in [3.63, 3.8) is 0 Å². The SMILES string of the molecule is CC1(C)Cc2[nH]ncc2CN(C(=O)Nc2ccc(C3CC3)cn2)C1. The topological polar surface area (TPSA) is 73.9 Å². The fraction of sp³-hybridized carbons (Fsp3) is 0.500. The van der Waals surface area contributed by atoms with Crippen LogP contribution in [0.2, 0.25) is 0 Å². The lowest BCUT2D eigenvalue weighted by Crippen LogP contribution is -2.40. The third-order valence-corrected chi connectivity index (χ3v) is 4.80. The highest BCUT2D eigenvalue weighted by Gasteiger charge is 2.31. The Morgan fingerprint density at radius 1 is 1.33 bits per heavy atom. The summed E-state index contributed by atoms with van der Waals surface area (Å²) >= 11 is 0. The van der Waals surface area contributed by atoms with Crippen molar-refractivity contribution >= 4 is 11.8 Å². The molecule has 24 heavy (non-hydrogen) atoms. The number of aromatic nitrogens is 3. The number of H-pyrrole nitrogens is 1. The Morgan fingerprint density at radius 3 is 2.88 bits per heavy atom. The van der Waals surface area contributed by atoms with Crippen LogP contribution in [0.4, 0.5) is 10.6 Å². The van der Waals surface area contributed by atoms with Gasteiger partial charge in [0.1, 0.15) is 5.82 Å². The fourth-order valence-corrected chi connectivity index (χ4v) is 3.41. The minimum Gasteiger partial charge on any atom is -0.319 e. The monoisotopic (exact) mass is 325 g/mol. The molecule has 4 rings (SSSR count). The molecule has 0 spiro atoms. The van der Waals surface area contributed by atoms with Crippen molar-refractivity contribution in [2.75, 3.05) is 11.9 Å². The second kappa shape index (κ2) is 5.61. The molecule has 2 aromatic heterocycles. The molecule has 126 valence electrons. The molecule has 2 aliphatic rings. The van der Waals surface area contributed by atoms with E-state index < -0.39 is 0 Å². The molecule has 0 bridgehead atoms. The van der Waals surface area contributed by atoms with Crippen LogP contribution < -0.4 is 5.32 Å². The largest absolute Gasteiger partial charge is 0.323 e. The Bertz CT molecular complexity index is 745. The summed E-state index contributed by atoms with van der Waals surface area (Å²) in [5.41, 5.74) is 3.49. The summed E-state index contributed by atoms with van der Waals surface area (Å²) in [4.78, 5) is 19.0. The minimum absolute atomic E-state index is 0.00160. The lowest BCUT2D eigenvalue weighted by molar-refractivity contribution is 0.180. The van der Waals surface area contributed by atoms with Crippen molar-refractivity contribution in [2.45, 2.75) is 45.6 Å². The molecule has 2 N–H and O–H groups in total. The van der Waals surface area contributed by atoms with Gasteiger partial charge in [-0.2, -0.15) is 5.10 Å². The highest BCUT2D eigenvalue weighted by atomic mass is 16.2. The molecule has 0 radical (unpaired) electrons. The number of hydrogen-bond acceptors (Lipinski definition) is 3. The zero-order valence-corrected chi connectivity index (χ0v) is 14.2. The molecule has 2 aromatic rings. The van der Waals surface area contributed by atoms with Gasteiger partial charge in [-0.05, 0) is 42.2 Å². The van der Waals surface area contributed by atoms with E-state index >= 15 is 0 Å². The van der Waals surface area contributed by atoms with Crippen LogP contribution in [-0.4, -0.2) is 32.7 Å². The molecule has 0 saturated heterocycles. The summed E-state index contributed by atoms with van der Waals surface area (Å²) in [6.07, 6.45) is 7.10. The molecule has 1 aliphatic heterocycles. The van der Waals surface area contributed by atoms with Gasteiger partial charge in [0.05, 0.1) is 12.7 Å². The number of aromatic amines is 1. The molecule has 0 unspecified atom stereocenters. The van der Waals surface area contributed by atoms with Gasteiger partial charge in [-0.1, -0.05) is 19.9 Å². The number of nitrogens with one attached hydrogen (secondary N) is 2. The van der Waals surface area contributed by atoms with Crippen LogP contribution in [0.1, 0.15) is 49.4 Å². The zero-order chi connectivity index (χ0) is 16.7. The van der Waals surface area contributed by atoms with Crippen molar-refractivity contribution in [3.8, 4) is 0 Å². The second-order valence-corrected chi connectivity index (χ2v) is 7.75. The van der Waals surface area contributed by atoms with E-state index in [1.54, 1.807) is 0 Å². The van der Waals surface area contributed by atoms with E-state index in [0.29, 0.717) is 24.8 Å². The first-order valence-electron chi connectivity index (χ1n) is 8.53. The van der Waals surface area contributed by atoms with Gasteiger partial charge in [0, 0.05) is 24.0 Å². The number of carbonyl (C=O) groups excluding carboxylic acids is 1. The number of anilines is 1. The second-order valence-electron chi connectivity index (χ2n) is 7.75. The molecule has 0 atom stereocenters. The van der Waals surface area contributed by atoms with E-state index in [0.717, 1.165) is 17.7 Å². The molecule has 0 aromatic carbocycles. The Balaban J connectivity index is 1.48. The van der Waals surface area contributed by atoms with Gasteiger partial charge < -0.3 is 4.90 Å². The van der Waals surface area contributed by atoms with Gasteiger partial charge in [0.25, 0.3) is 0 Å². The van der Waals surface area contributed by atoms with Crippen molar-refractivity contribution in [3.05, 3.63) is 41.3 Å². The van der Waals surface area contributed by atoms with Crippen LogP contribution in [0.3, 0.4) is 0 Å². The van der Waals surface area contributed by atoms with Gasteiger partial charge in [0.15, 0.2) is 0 Å². The standard InChI is InChI=1S/C18H23N5O/c1-18(2)7-15-14(9-20-22-15)10-23(11-18)17(24)21-16-6-5-13(8-19-16)12-3-4-12/h5-6,8-9,12H,3-4,7,10-11H2,1-2H3,(H,20,22)(H,19,21,24). The molecule has 1 aliphatic carbocycles. The first kappa shape index (κ1) is 15.2. The summed E-state index contributed by atoms with van der Waals surface area (Å²) in [7, 11) is 0. The summed E-state index contributed by atoms with van der Waals surface area (Å²) in [5, 5.41) is 10.1. The first-order valence-corrected chi connectivity index (χ1v) is 8.53. The van der Waals surface area contributed by atoms with Gasteiger partial charge in [-0.25, -0.2) is 9.78 Å². The van der Waals surface area contributed by atoms with E-state index in [-0.39, 0.29) is 11.4 Å². The van der Waals surface area contributed by atoms with Crippen molar-refractivity contribution in [2.24, 2.45) is 5.41 Å². The highest BCUT2D eigenvalue weighted by molar-refractivity contribution is 5.88. The van der Waals surface area contributed by atoms with Crippen molar-refractivity contribution < 1.29 is 4.79 Å². The average molecular weight is 325 g/mol. The average Bonchev–Trinajstić information content (AvgIpc) is 3.31. The number of hydrogen-bond donors (Lipinski definition) is 2. The maximum Gasteiger partial charge on any atom is 0.323 e. The molecular weight excluding hydrogens is 302 g/mol. The molecule has 3 heterocycles. The molecule has 1 fully saturated rings. The Morgan fingerprint density at radius 2 is 2.17 bits per heavy atom. The minimum atomic E-state index is -0.108. The van der Waals surface area contributed by atoms with Crippen LogP contribution in [0.15, 0.2) is 24.5 Å². The lowest BCUT2D eigenvalue weighted by Gasteiger charge is -2.29. The molecule has 6 nitrogen and oxygen atoms in total. The highest BCUT2D eigenvalue weighted by Crippen LogP contribution is 2.39. The van der Waals surface area contributed by atoms with Crippen LogP contribution >= 0.6 is 0 Å². The molecular formula is C18H23N5O. The lowest BCUT2D eigenvalue weighted by atomic mass is 9.88. The van der Waals surface area contributed by atoms with E-state index in [9.17, 15) is 4.79 Å². The number of pyridine rings is 1. The quantitative estimate of drug-likeness (QED) is 0.889. The van der Waals surface area contributed by atoms with Crippen LogP contribution in [0, 0.1) is 5.41 Å². The Kier molecular flexibility index (Phi) is 3.55. The summed E-state index contributed by atoms with van der Waals surface area (Å²) in [6, 6.07) is 3.86. The summed E-state index contributed by atoms with van der Waals surface area (Å²) in [6.45, 7) is 5.61. The number of amides is 2. The predicted molar refractivity (Wildman–Crippen MR) is 91.7 cm³/mol. The maximum absolute atomic E-state index is 12.7. The number of urea groups is 1. The summed E-state index contributed by atoms with van der Waals surface area (Å²) in [5.74, 6) is 1.28. The number of carbonyl (C=O) groups is 1. The molecule has 6 heteroatoms. The number of fused-ring (bicyclic) bond motifs is 1. The summed E-state index contributed by atoms with van der Waals surface area (Å²) < 4.78 is 0. The predicted octanol–water partition coefficient (Wildman–Crippen LogP) is 3.30. The maximum atomic E-state index is 12.7. The molecule has 2 amide bonds. The van der Waals surface area contributed by atoms with E-state index in [1.165, 1.54) is 18.4 Å². The Hall–Kier alpha value is -2.37. The van der Waals surface area contributed by atoms with Gasteiger partial charge in [-0.3, -0.25) is 10.4 Å². The number of nitrogens with zero attached hydrogens (tertiary/aromatic N) is 3. The van der Waals surface area contributed by atoms with Crippen LogP contribution in [0.5, 0.6) is 0 Å². The molecule has 1 saturated carbocycles. The Labute approximate surface area is 141 Å². The van der Waals surface area contributed by atoms with Gasteiger partial charge in [-0.15, -0.1) is 0 Å². The van der Waals surface area contributed by atoms with Crippen LogP contribution in [0.25, 0.3) is 0 Å². The number of rotatable bonds is 2. The third-order valence-electron chi connectivity index (χ3n) is 4.80. The van der Waals surface area contributed by atoms with E-state index in [2.05, 4.69) is 40.4 Å². The van der Waals surface area contributed by atoms with Crippen molar-refractivity contribution in [1.29, 1.82) is 0 Å². The van der Waals surface area contributed by atoms with Gasteiger partial charge >= 0.3 is 6.03 Å². The van der Waals surface area contributed by atoms with Crippen molar-refractivity contribution in [1.82, 2.24) is 20.1 Å². The fourth-order valence-electron chi connectivity index (χ4n) is 3.41. The third kappa shape index (κ3) is 3.13. The van der Waals surface area contributed by atoms with E-state index in [1.807, 2.05) is 23.4 Å². The first-order chi connectivity index (χ1) is 11.5. The van der Waals surface area contributed by atoms with E-state index in [4.69, 9.17) is 0 Å². The zero-order valence-electron chi connectivity index (χ0n) is 14.2. The van der Waals surface area contributed by atoms with Crippen LogP contribution in [-0.2, 0) is 13.0 Å². The normalized spacial score (nSPS) is 19.5. The van der Waals surface area contributed by atoms with Gasteiger partial charge in [0.2, 0.25) is 0 Å². The smallest absolute Gasteiger partial charge is 0.319 e.